The lowest BCUT2D eigenvalue weighted by molar-refractivity contribution is -0.116. The van der Waals surface area contributed by atoms with Gasteiger partial charge in [-0.2, -0.15) is 8.78 Å². The lowest BCUT2D eigenvalue weighted by Crippen LogP contribution is -2.20. The molecule has 26 heavy (non-hydrogen) atoms. The molecule has 0 spiro atoms. The molecule has 2 aromatic rings. The summed E-state index contributed by atoms with van der Waals surface area (Å²) >= 11 is 0. The monoisotopic (exact) mass is 363 g/mol. The number of amides is 1. The summed E-state index contributed by atoms with van der Waals surface area (Å²) in [7, 11) is 2.93. The fraction of sp³-hybridized carbons (Fsp3) is 0.211. The van der Waals surface area contributed by atoms with Crippen molar-refractivity contribution in [1.29, 1.82) is 0 Å². The molecule has 0 saturated heterocycles. The van der Waals surface area contributed by atoms with Gasteiger partial charge in [0.25, 0.3) is 0 Å². The van der Waals surface area contributed by atoms with Gasteiger partial charge in [-0.05, 0) is 29.8 Å². The van der Waals surface area contributed by atoms with E-state index in [9.17, 15) is 13.6 Å². The van der Waals surface area contributed by atoms with Gasteiger partial charge in [0.05, 0.1) is 14.2 Å². The van der Waals surface area contributed by atoms with Gasteiger partial charge in [0.15, 0.2) is 11.5 Å². The standard InChI is InChI=1S/C19H19F2NO4/c1-24-15-9-6-13(7-10-15)12-22-17(23)11-8-14-4-3-5-16(25-2)18(14)26-19(20)21/h3-11,19H,12H2,1-2H3,(H,22,23)/b11-8+. The van der Waals surface area contributed by atoms with E-state index < -0.39 is 6.61 Å². The molecule has 2 aromatic carbocycles. The number of para-hydroxylation sites is 1. The maximum absolute atomic E-state index is 12.6. The first-order chi connectivity index (χ1) is 12.5. The van der Waals surface area contributed by atoms with Crippen LogP contribution < -0.4 is 19.5 Å². The first-order valence-electron chi connectivity index (χ1n) is 7.74. The van der Waals surface area contributed by atoms with Crippen molar-refractivity contribution in [2.24, 2.45) is 0 Å². The first kappa shape index (κ1) is 19.2. The van der Waals surface area contributed by atoms with Crippen LogP contribution in [-0.4, -0.2) is 26.7 Å². The van der Waals surface area contributed by atoms with Crippen LogP contribution in [-0.2, 0) is 11.3 Å². The van der Waals surface area contributed by atoms with Gasteiger partial charge in [0.2, 0.25) is 5.91 Å². The SMILES string of the molecule is COc1ccc(CNC(=O)/C=C/c2cccc(OC)c2OC(F)F)cc1. The molecule has 1 amide bonds. The molecule has 1 N–H and O–H groups in total. The Bertz CT molecular complexity index is 761. The molecule has 0 fully saturated rings. The molecular weight excluding hydrogens is 344 g/mol. The van der Waals surface area contributed by atoms with Crippen molar-refractivity contribution in [3.05, 3.63) is 59.7 Å². The minimum absolute atomic E-state index is 0.121. The zero-order valence-electron chi connectivity index (χ0n) is 14.4. The normalized spacial score (nSPS) is 10.8. The largest absolute Gasteiger partial charge is 0.497 e. The summed E-state index contributed by atoms with van der Waals surface area (Å²) in [5, 5.41) is 2.71. The Hall–Kier alpha value is -3.09. The van der Waals surface area contributed by atoms with Gasteiger partial charge in [-0.25, -0.2) is 0 Å². The van der Waals surface area contributed by atoms with E-state index in [1.807, 2.05) is 12.1 Å². The highest BCUT2D eigenvalue weighted by Gasteiger charge is 2.13. The Morgan fingerprint density at radius 1 is 1.12 bits per heavy atom. The Morgan fingerprint density at radius 2 is 1.85 bits per heavy atom. The molecule has 0 unspecified atom stereocenters. The second kappa shape index (κ2) is 9.41. The first-order valence-corrected chi connectivity index (χ1v) is 7.74. The molecule has 0 radical (unpaired) electrons. The Labute approximate surface area is 150 Å². The second-order valence-corrected chi connectivity index (χ2v) is 5.16. The van der Waals surface area contributed by atoms with Gasteiger partial charge < -0.3 is 19.5 Å². The van der Waals surface area contributed by atoms with Crippen molar-refractivity contribution in [2.45, 2.75) is 13.2 Å². The minimum atomic E-state index is -3.00. The molecule has 0 aliphatic carbocycles. The summed E-state index contributed by atoms with van der Waals surface area (Å²) in [6.45, 7) is -2.67. The third-order valence-corrected chi connectivity index (χ3v) is 3.48. The van der Waals surface area contributed by atoms with Crippen LogP contribution in [0.15, 0.2) is 48.5 Å². The summed E-state index contributed by atoms with van der Waals surface area (Å²) in [5.41, 5.74) is 1.21. The van der Waals surface area contributed by atoms with E-state index in [4.69, 9.17) is 9.47 Å². The van der Waals surface area contributed by atoms with Gasteiger partial charge in [-0.1, -0.05) is 24.3 Å². The van der Waals surface area contributed by atoms with Crippen molar-refractivity contribution in [3.63, 3.8) is 0 Å². The van der Waals surface area contributed by atoms with Crippen molar-refractivity contribution >= 4 is 12.0 Å². The summed E-state index contributed by atoms with van der Waals surface area (Å²) in [4.78, 5) is 12.0. The maximum atomic E-state index is 12.6. The summed E-state index contributed by atoms with van der Waals surface area (Å²) in [6.07, 6.45) is 2.64. The summed E-state index contributed by atoms with van der Waals surface area (Å²) in [5.74, 6) is 0.395. The third-order valence-electron chi connectivity index (χ3n) is 3.48. The van der Waals surface area contributed by atoms with Gasteiger partial charge in [0.1, 0.15) is 5.75 Å². The Kier molecular flexibility index (Phi) is 6.96. The number of nitrogens with one attached hydrogen (secondary N) is 1. The highest BCUT2D eigenvalue weighted by Crippen LogP contribution is 2.33. The predicted molar refractivity (Wildman–Crippen MR) is 93.5 cm³/mol. The molecule has 0 aromatic heterocycles. The molecule has 2 rings (SSSR count). The number of ether oxygens (including phenoxy) is 3. The predicted octanol–water partition coefficient (Wildman–Crippen LogP) is 3.63. The number of carbonyl (C=O) groups excluding carboxylic acids is 1. The van der Waals surface area contributed by atoms with Gasteiger partial charge >= 0.3 is 6.61 Å². The van der Waals surface area contributed by atoms with E-state index >= 15 is 0 Å². The Balaban J connectivity index is 2.02. The van der Waals surface area contributed by atoms with Crippen LogP contribution in [0, 0.1) is 0 Å². The van der Waals surface area contributed by atoms with E-state index in [2.05, 4.69) is 10.1 Å². The number of alkyl halides is 2. The smallest absolute Gasteiger partial charge is 0.387 e. The van der Waals surface area contributed by atoms with Crippen molar-refractivity contribution in [2.75, 3.05) is 14.2 Å². The molecule has 0 aliphatic heterocycles. The number of carbonyl (C=O) groups is 1. The number of benzene rings is 2. The molecule has 0 bridgehead atoms. The second-order valence-electron chi connectivity index (χ2n) is 5.16. The zero-order chi connectivity index (χ0) is 18.9. The van der Waals surface area contributed by atoms with E-state index in [0.717, 1.165) is 11.3 Å². The molecule has 0 saturated carbocycles. The molecular formula is C19H19F2NO4. The minimum Gasteiger partial charge on any atom is -0.497 e. The molecule has 0 atom stereocenters. The molecule has 7 heteroatoms. The lowest BCUT2D eigenvalue weighted by atomic mass is 10.1. The number of halogens is 2. The lowest BCUT2D eigenvalue weighted by Gasteiger charge is -2.12. The third kappa shape index (κ3) is 5.47. The number of hydrogen-bond acceptors (Lipinski definition) is 4. The van der Waals surface area contributed by atoms with Gasteiger partial charge in [-0.15, -0.1) is 0 Å². The van der Waals surface area contributed by atoms with E-state index in [0.29, 0.717) is 12.1 Å². The van der Waals surface area contributed by atoms with Crippen LogP contribution in [0.3, 0.4) is 0 Å². The van der Waals surface area contributed by atoms with Crippen LogP contribution in [0.25, 0.3) is 6.08 Å². The van der Waals surface area contributed by atoms with Gasteiger partial charge in [-0.3, -0.25) is 4.79 Å². The van der Waals surface area contributed by atoms with Crippen molar-refractivity contribution in [3.8, 4) is 17.2 Å². The van der Waals surface area contributed by atoms with Crippen LogP contribution in [0.2, 0.25) is 0 Å². The summed E-state index contributed by atoms with van der Waals surface area (Å²) in [6, 6.07) is 11.9. The van der Waals surface area contributed by atoms with Crippen molar-refractivity contribution < 1.29 is 27.8 Å². The highest BCUT2D eigenvalue weighted by atomic mass is 19.3. The molecule has 138 valence electrons. The van der Waals surface area contributed by atoms with E-state index in [1.165, 1.54) is 25.3 Å². The van der Waals surface area contributed by atoms with Crippen LogP contribution in [0.4, 0.5) is 8.78 Å². The number of methoxy groups -OCH3 is 2. The van der Waals surface area contributed by atoms with Crippen LogP contribution in [0.1, 0.15) is 11.1 Å². The Morgan fingerprint density at radius 3 is 2.46 bits per heavy atom. The molecule has 5 nitrogen and oxygen atoms in total. The number of rotatable bonds is 8. The zero-order valence-corrected chi connectivity index (χ0v) is 14.4. The van der Waals surface area contributed by atoms with Crippen LogP contribution in [0.5, 0.6) is 17.2 Å². The van der Waals surface area contributed by atoms with Crippen LogP contribution >= 0.6 is 0 Å². The average molecular weight is 363 g/mol. The maximum Gasteiger partial charge on any atom is 0.387 e. The molecule has 0 aliphatic rings. The van der Waals surface area contributed by atoms with E-state index in [-0.39, 0.29) is 17.4 Å². The quantitative estimate of drug-likeness (QED) is 0.728. The fourth-order valence-corrected chi connectivity index (χ4v) is 2.20. The summed E-state index contributed by atoms with van der Waals surface area (Å²) < 4.78 is 39.8. The molecule has 0 heterocycles. The topological polar surface area (TPSA) is 56.8 Å². The number of hydrogen-bond donors (Lipinski definition) is 1. The van der Waals surface area contributed by atoms with Gasteiger partial charge in [0, 0.05) is 18.2 Å². The van der Waals surface area contributed by atoms with Crippen molar-refractivity contribution in [1.82, 2.24) is 5.32 Å². The van der Waals surface area contributed by atoms with E-state index in [1.54, 1.807) is 31.4 Å². The highest BCUT2D eigenvalue weighted by molar-refractivity contribution is 5.92. The average Bonchev–Trinajstić information content (AvgIpc) is 2.65. The fourth-order valence-electron chi connectivity index (χ4n) is 2.20.